The molecule has 0 fully saturated rings. The highest BCUT2D eigenvalue weighted by Crippen LogP contribution is 2.08. The Hall–Kier alpha value is -0.500. The van der Waals surface area contributed by atoms with E-state index in [9.17, 15) is 0 Å². The molecule has 0 saturated heterocycles. The van der Waals surface area contributed by atoms with Gasteiger partial charge in [0, 0.05) is 29.9 Å². The van der Waals surface area contributed by atoms with Gasteiger partial charge in [0.25, 0.3) is 0 Å². The minimum absolute atomic E-state index is 0.664. The summed E-state index contributed by atoms with van der Waals surface area (Å²) in [5, 5.41) is 1.82. The van der Waals surface area contributed by atoms with Gasteiger partial charge in [-0.1, -0.05) is 0 Å². The SMILES string of the molecule is NCCC1=NSC=C=C1. The van der Waals surface area contributed by atoms with Crippen molar-refractivity contribution in [1.29, 1.82) is 0 Å². The van der Waals surface area contributed by atoms with Gasteiger partial charge < -0.3 is 5.73 Å². The summed E-state index contributed by atoms with van der Waals surface area (Å²) < 4.78 is 4.10. The summed E-state index contributed by atoms with van der Waals surface area (Å²) in [6, 6.07) is 0. The summed E-state index contributed by atoms with van der Waals surface area (Å²) in [6.45, 7) is 0.664. The van der Waals surface area contributed by atoms with E-state index in [0.29, 0.717) is 6.54 Å². The molecule has 0 aliphatic carbocycles. The monoisotopic (exact) mass is 140 g/mol. The van der Waals surface area contributed by atoms with Gasteiger partial charge in [-0.3, -0.25) is 0 Å². The van der Waals surface area contributed by atoms with Crippen LogP contribution in [0.25, 0.3) is 0 Å². The molecule has 1 aliphatic heterocycles. The van der Waals surface area contributed by atoms with Gasteiger partial charge in [0.15, 0.2) is 0 Å². The van der Waals surface area contributed by atoms with Gasteiger partial charge in [-0.05, 0) is 6.54 Å². The van der Waals surface area contributed by atoms with Crippen molar-refractivity contribution >= 4 is 17.7 Å². The molecule has 1 heterocycles. The molecule has 0 amide bonds. The maximum absolute atomic E-state index is 5.31. The van der Waals surface area contributed by atoms with E-state index in [2.05, 4.69) is 10.1 Å². The molecule has 0 aromatic rings. The molecule has 0 bridgehead atoms. The van der Waals surface area contributed by atoms with Crippen LogP contribution < -0.4 is 5.73 Å². The average molecular weight is 140 g/mol. The average Bonchev–Trinajstić information content (AvgIpc) is 1.91. The maximum Gasteiger partial charge on any atom is 0.0580 e. The predicted octanol–water partition coefficient (Wildman–Crippen LogP) is 1.11. The van der Waals surface area contributed by atoms with Crippen LogP contribution in [-0.4, -0.2) is 12.3 Å². The molecule has 0 aromatic heterocycles. The highest BCUT2D eigenvalue weighted by molar-refractivity contribution is 8.01. The largest absolute Gasteiger partial charge is 0.330 e. The smallest absolute Gasteiger partial charge is 0.0580 e. The maximum atomic E-state index is 5.31. The van der Waals surface area contributed by atoms with Crippen LogP contribution in [0, 0.1) is 0 Å². The molecule has 0 radical (unpaired) electrons. The van der Waals surface area contributed by atoms with E-state index in [4.69, 9.17) is 5.73 Å². The Morgan fingerprint density at radius 3 is 3.22 bits per heavy atom. The number of allylic oxidation sites excluding steroid dienone is 1. The van der Waals surface area contributed by atoms with Gasteiger partial charge in [0.05, 0.1) is 5.71 Å². The van der Waals surface area contributed by atoms with Gasteiger partial charge in [0.2, 0.25) is 0 Å². The zero-order valence-electron chi connectivity index (χ0n) is 5.00. The Bertz CT molecular complexity index is 177. The molecule has 0 saturated carbocycles. The fourth-order valence-corrected chi connectivity index (χ4v) is 1.01. The van der Waals surface area contributed by atoms with Crippen molar-refractivity contribution in [3.8, 4) is 0 Å². The van der Waals surface area contributed by atoms with E-state index in [-0.39, 0.29) is 0 Å². The van der Waals surface area contributed by atoms with Gasteiger partial charge in [0.1, 0.15) is 0 Å². The molecule has 0 spiro atoms. The van der Waals surface area contributed by atoms with E-state index in [1.54, 1.807) is 0 Å². The predicted molar refractivity (Wildman–Crippen MR) is 41.4 cm³/mol. The minimum atomic E-state index is 0.664. The summed E-state index contributed by atoms with van der Waals surface area (Å²) in [5.41, 5.74) is 9.29. The molecular weight excluding hydrogens is 132 g/mol. The first-order valence-corrected chi connectivity index (χ1v) is 3.61. The van der Waals surface area contributed by atoms with Crippen LogP contribution in [0.4, 0.5) is 0 Å². The van der Waals surface area contributed by atoms with E-state index in [0.717, 1.165) is 12.1 Å². The third-order valence-corrected chi connectivity index (χ3v) is 1.52. The minimum Gasteiger partial charge on any atom is -0.330 e. The van der Waals surface area contributed by atoms with Crippen LogP contribution in [0.1, 0.15) is 6.42 Å². The quantitative estimate of drug-likeness (QED) is 0.461. The fourth-order valence-electron chi connectivity index (χ4n) is 0.547. The first kappa shape index (κ1) is 6.62. The first-order valence-electron chi connectivity index (χ1n) is 2.77. The first-order chi connectivity index (χ1) is 4.43. The summed E-state index contributed by atoms with van der Waals surface area (Å²) in [4.78, 5) is 0. The molecule has 2 N–H and O–H groups in total. The van der Waals surface area contributed by atoms with Crippen LogP contribution >= 0.6 is 11.9 Å². The summed E-state index contributed by atoms with van der Waals surface area (Å²) >= 11 is 1.41. The van der Waals surface area contributed by atoms with Crippen LogP contribution in [0.15, 0.2) is 21.6 Å². The lowest BCUT2D eigenvalue weighted by molar-refractivity contribution is 1.05. The lowest BCUT2D eigenvalue weighted by atomic mass is 10.3. The Morgan fingerprint density at radius 2 is 2.67 bits per heavy atom. The number of hydrogen-bond donors (Lipinski definition) is 1. The summed E-state index contributed by atoms with van der Waals surface area (Å²) in [7, 11) is 0. The standard InChI is InChI=1S/C6H8N2S/c7-4-3-6-2-1-5-9-8-6/h2,5H,3-4,7H2. The molecule has 1 rings (SSSR count). The topological polar surface area (TPSA) is 38.4 Å². The van der Waals surface area contributed by atoms with Crippen molar-refractivity contribution in [3.63, 3.8) is 0 Å². The highest BCUT2D eigenvalue weighted by Gasteiger charge is 1.93. The van der Waals surface area contributed by atoms with E-state index >= 15 is 0 Å². The second-order valence-corrected chi connectivity index (χ2v) is 2.28. The van der Waals surface area contributed by atoms with Gasteiger partial charge in [-0.25, -0.2) is 4.40 Å². The van der Waals surface area contributed by atoms with Crippen molar-refractivity contribution in [3.05, 3.63) is 17.2 Å². The van der Waals surface area contributed by atoms with Crippen molar-refractivity contribution in [2.45, 2.75) is 6.42 Å². The van der Waals surface area contributed by atoms with Crippen LogP contribution in [-0.2, 0) is 0 Å². The molecule has 0 aromatic carbocycles. The number of nitrogens with two attached hydrogens (primary N) is 1. The zero-order chi connectivity index (χ0) is 6.53. The lowest BCUT2D eigenvalue weighted by Gasteiger charge is -1.96. The second-order valence-electron chi connectivity index (χ2n) is 1.66. The van der Waals surface area contributed by atoms with Gasteiger partial charge in [-0.15, -0.1) is 5.73 Å². The van der Waals surface area contributed by atoms with Crippen molar-refractivity contribution in [1.82, 2.24) is 0 Å². The lowest BCUT2D eigenvalue weighted by Crippen LogP contribution is -2.05. The second kappa shape index (κ2) is 3.51. The molecule has 0 atom stereocenters. The number of rotatable bonds is 2. The van der Waals surface area contributed by atoms with E-state index in [1.807, 2.05) is 11.5 Å². The van der Waals surface area contributed by atoms with Gasteiger partial charge in [-0.2, -0.15) is 0 Å². The van der Waals surface area contributed by atoms with Crippen molar-refractivity contribution < 1.29 is 0 Å². The Labute approximate surface area is 58.7 Å². The zero-order valence-corrected chi connectivity index (χ0v) is 5.82. The molecule has 3 heteroatoms. The molecule has 0 unspecified atom stereocenters. The molecule has 9 heavy (non-hydrogen) atoms. The molecular formula is C6H8N2S. The summed E-state index contributed by atoms with van der Waals surface area (Å²) in [6.07, 6.45) is 2.72. The fraction of sp³-hybridized carbons (Fsp3) is 0.333. The molecule has 1 aliphatic rings. The van der Waals surface area contributed by atoms with Crippen LogP contribution in [0.3, 0.4) is 0 Å². The molecule has 2 nitrogen and oxygen atoms in total. The number of nitrogens with zero attached hydrogens (tertiary/aromatic N) is 1. The van der Waals surface area contributed by atoms with Crippen molar-refractivity contribution in [2.75, 3.05) is 6.54 Å². The summed E-state index contributed by atoms with van der Waals surface area (Å²) in [5.74, 6) is 0. The van der Waals surface area contributed by atoms with Crippen LogP contribution in [0.2, 0.25) is 0 Å². The van der Waals surface area contributed by atoms with Crippen molar-refractivity contribution in [2.24, 2.45) is 10.1 Å². The van der Waals surface area contributed by atoms with E-state index < -0.39 is 0 Å². The third-order valence-electron chi connectivity index (χ3n) is 0.941. The van der Waals surface area contributed by atoms with E-state index in [1.165, 1.54) is 11.9 Å². The Kier molecular flexibility index (Phi) is 2.58. The third kappa shape index (κ3) is 2.06. The Morgan fingerprint density at radius 1 is 1.78 bits per heavy atom. The Balaban J connectivity index is 2.50. The highest BCUT2D eigenvalue weighted by atomic mass is 32.2. The van der Waals surface area contributed by atoms with Gasteiger partial charge >= 0.3 is 0 Å². The van der Waals surface area contributed by atoms with Crippen LogP contribution in [0.5, 0.6) is 0 Å². The normalized spacial score (nSPS) is 15.9. The molecule has 48 valence electrons. The number of hydrogen-bond acceptors (Lipinski definition) is 3.